The van der Waals surface area contributed by atoms with Crippen molar-refractivity contribution in [2.24, 2.45) is 0 Å². The predicted molar refractivity (Wildman–Crippen MR) is 99.7 cm³/mol. The fourth-order valence-electron chi connectivity index (χ4n) is 3.24. The summed E-state index contributed by atoms with van der Waals surface area (Å²) in [4.78, 5) is 30.5. The molecule has 0 radical (unpaired) electrons. The van der Waals surface area contributed by atoms with Gasteiger partial charge in [-0.15, -0.1) is 0 Å². The maximum Gasteiger partial charge on any atom is 0.227 e. The summed E-state index contributed by atoms with van der Waals surface area (Å²) in [5, 5.41) is 0. The number of benzene rings is 1. The third-order valence-corrected chi connectivity index (χ3v) is 7.16. The molecule has 3 aliphatic heterocycles. The summed E-state index contributed by atoms with van der Waals surface area (Å²) >= 11 is -0.166. The van der Waals surface area contributed by atoms with Gasteiger partial charge in [0, 0.05) is 45.3 Å². The third kappa shape index (κ3) is 3.81. The number of carbonyl (C=O) groups is 2. The van der Waals surface area contributed by atoms with E-state index in [1.165, 1.54) is 6.08 Å². The van der Waals surface area contributed by atoms with E-state index in [1.807, 2.05) is 14.7 Å². The number of allylic oxidation sites excluding steroid dienone is 1. The van der Waals surface area contributed by atoms with Gasteiger partial charge < -0.3 is 14.7 Å². The SMILES string of the molecule is Fc1c(F)c(F)c([CH2][SnH3])c(F)c1F.O=C1C=C(N2CC2)C(=O)C(N2CC2)=C1N1CC1. The van der Waals surface area contributed by atoms with Gasteiger partial charge in [-0.1, -0.05) is 0 Å². The van der Waals surface area contributed by atoms with Crippen LogP contribution in [0.1, 0.15) is 5.56 Å². The number of Topliss-reactive ketones (excluding diaryl/α,β-unsaturated/α-hetero) is 1. The third-order valence-electron chi connectivity index (χ3n) is 5.14. The largest absolute Gasteiger partial charge is 0.365 e. The van der Waals surface area contributed by atoms with E-state index >= 15 is 0 Å². The van der Waals surface area contributed by atoms with Crippen LogP contribution in [0, 0.1) is 29.1 Å². The Morgan fingerprint density at radius 2 is 1.13 bits per heavy atom. The van der Waals surface area contributed by atoms with Crippen LogP contribution in [0.3, 0.4) is 0 Å². The molecular formula is C19H18F5N3O2Sn. The molecule has 160 valence electrons. The summed E-state index contributed by atoms with van der Waals surface area (Å²) in [5.74, 6) is -9.16. The Bertz CT molecular complexity index is 985. The maximum atomic E-state index is 12.7. The number of hydrogen-bond acceptors (Lipinski definition) is 5. The molecule has 4 aliphatic rings. The van der Waals surface area contributed by atoms with Crippen molar-refractivity contribution in [3.8, 4) is 0 Å². The summed E-state index contributed by atoms with van der Waals surface area (Å²) in [6.07, 6.45) is 1.52. The Morgan fingerprint density at radius 3 is 1.57 bits per heavy atom. The molecule has 0 unspecified atom stereocenters. The van der Waals surface area contributed by atoms with E-state index in [4.69, 9.17) is 0 Å². The molecule has 11 heteroatoms. The second-order valence-corrected chi connectivity index (χ2v) is 9.30. The van der Waals surface area contributed by atoms with Gasteiger partial charge in [0.2, 0.25) is 11.6 Å². The molecule has 30 heavy (non-hydrogen) atoms. The summed E-state index contributed by atoms with van der Waals surface area (Å²) in [6, 6.07) is 0. The molecule has 0 saturated carbocycles. The van der Waals surface area contributed by atoms with Crippen molar-refractivity contribution in [1.82, 2.24) is 14.7 Å². The van der Waals surface area contributed by atoms with E-state index in [2.05, 4.69) is 0 Å². The minimum absolute atomic E-state index is 0.00546. The van der Waals surface area contributed by atoms with Gasteiger partial charge in [0.25, 0.3) is 0 Å². The summed E-state index contributed by atoms with van der Waals surface area (Å²) in [6.45, 7) is 5.41. The summed E-state index contributed by atoms with van der Waals surface area (Å²) in [5.41, 5.74) is 1.20. The summed E-state index contributed by atoms with van der Waals surface area (Å²) < 4.78 is 62.7. The van der Waals surface area contributed by atoms with Crippen LogP contribution in [0.15, 0.2) is 23.2 Å². The van der Waals surface area contributed by atoms with Crippen LogP contribution in [0.4, 0.5) is 22.0 Å². The van der Waals surface area contributed by atoms with Crippen LogP contribution in [0.5, 0.6) is 0 Å². The Kier molecular flexibility index (Phi) is 5.54. The topological polar surface area (TPSA) is 43.2 Å². The van der Waals surface area contributed by atoms with Crippen molar-refractivity contribution in [2.45, 2.75) is 4.44 Å². The Balaban J connectivity index is 0.000000152. The normalized spacial score (nSPS) is 19.8. The first-order chi connectivity index (χ1) is 14.3. The van der Waals surface area contributed by atoms with E-state index in [0.29, 0.717) is 17.1 Å². The van der Waals surface area contributed by atoms with Gasteiger partial charge in [0.05, 0.1) is 5.70 Å². The Hall–Kier alpha value is -2.11. The fourth-order valence-corrected chi connectivity index (χ4v) is 5.01. The zero-order valence-electron chi connectivity index (χ0n) is 16.1. The van der Waals surface area contributed by atoms with Crippen molar-refractivity contribution >= 4 is 34.1 Å². The predicted octanol–water partition coefficient (Wildman–Crippen LogP) is 0.428. The average molecular weight is 534 g/mol. The second-order valence-electron chi connectivity index (χ2n) is 7.28. The molecule has 3 fully saturated rings. The number of rotatable bonds is 4. The zero-order valence-corrected chi connectivity index (χ0v) is 21.8. The van der Waals surface area contributed by atoms with Gasteiger partial charge in [-0.3, -0.25) is 9.59 Å². The van der Waals surface area contributed by atoms with Gasteiger partial charge in [-0.2, -0.15) is 0 Å². The van der Waals surface area contributed by atoms with Gasteiger partial charge in [0.1, 0.15) is 11.4 Å². The molecule has 3 heterocycles. The van der Waals surface area contributed by atoms with Gasteiger partial charge in [-0.05, 0) is 0 Å². The standard InChI is InChI=1S/C12H13N3O2.C7H2F5.Sn.3H/c16-9-7-8(13-1-2-13)12(17)11(15-5-6-15)10(9)14-3-4-14;1-2-3(8)5(10)7(12)6(11)4(2)9;;;;/h7H,1-6H2;1H2;;;;. The molecule has 1 aromatic carbocycles. The number of ketones is 2. The average Bonchev–Trinajstić information content (AvgIpc) is 3.58. The van der Waals surface area contributed by atoms with E-state index in [-0.39, 0.29) is 38.5 Å². The van der Waals surface area contributed by atoms with Gasteiger partial charge in [0.15, 0.2) is 0 Å². The molecule has 0 N–H and O–H groups in total. The van der Waals surface area contributed by atoms with Crippen LogP contribution in [-0.2, 0) is 14.0 Å². The quantitative estimate of drug-likeness (QED) is 0.140. The van der Waals surface area contributed by atoms with Gasteiger partial charge >= 0.3 is 83.6 Å². The van der Waals surface area contributed by atoms with Gasteiger partial charge in [-0.25, -0.2) is 0 Å². The number of carbonyl (C=O) groups excluding carboxylic acids is 2. The molecule has 0 spiro atoms. The number of halogens is 5. The molecule has 5 nitrogen and oxygen atoms in total. The van der Waals surface area contributed by atoms with Crippen LogP contribution in [0.25, 0.3) is 0 Å². The van der Waals surface area contributed by atoms with E-state index in [1.54, 1.807) is 0 Å². The molecule has 0 bridgehead atoms. The smallest absolute Gasteiger partial charge is 0.227 e. The first-order valence-electron chi connectivity index (χ1n) is 9.56. The monoisotopic (exact) mass is 535 g/mol. The fraction of sp³-hybridized carbons (Fsp3) is 0.368. The van der Waals surface area contributed by atoms with Crippen molar-refractivity contribution in [3.05, 3.63) is 57.8 Å². The van der Waals surface area contributed by atoms with Crippen molar-refractivity contribution in [2.75, 3.05) is 39.3 Å². The first-order valence-corrected chi connectivity index (χ1v) is 13.6. The van der Waals surface area contributed by atoms with E-state index in [0.717, 1.165) is 39.3 Å². The molecule has 3 saturated heterocycles. The molecule has 0 amide bonds. The van der Waals surface area contributed by atoms with Crippen LogP contribution in [0.2, 0.25) is 0 Å². The molecule has 1 aromatic rings. The van der Waals surface area contributed by atoms with Crippen LogP contribution >= 0.6 is 0 Å². The van der Waals surface area contributed by atoms with E-state index in [9.17, 15) is 31.5 Å². The summed E-state index contributed by atoms with van der Waals surface area (Å²) in [7, 11) is 0. The van der Waals surface area contributed by atoms with E-state index < -0.39 is 34.6 Å². The van der Waals surface area contributed by atoms with Crippen molar-refractivity contribution in [1.29, 1.82) is 0 Å². The minimum Gasteiger partial charge on any atom is -0.365 e. The molecule has 0 aromatic heterocycles. The Morgan fingerprint density at radius 1 is 0.700 bits per heavy atom. The molecule has 0 atom stereocenters. The van der Waals surface area contributed by atoms with Crippen molar-refractivity contribution < 1.29 is 31.5 Å². The number of nitrogens with zero attached hydrogens (tertiary/aromatic N) is 3. The maximum absolute atomic E-state index is 12.7. The first kappa shape index (κ1) is 21.1. The van der Waals surface area contributed by atoms with Crippen LogP contribution < -0.4 is 0 Å². The molecule has 5 rings (SSSR count). The van der Waals surface area contributed by atoms with Crippen LogP contribution in [-0.4, -0.2) is 88.1 Å². The second kappa shape index (κ2) is 7.86. The number of hydrogen-bond donors (Lipinski definition) is 0. The zero-order chi connectivity index (χ0) is 21.7. The molecular weight excluding hydrogens is 516 g/mol. The molecule has 1 aliphatic carbocycles. The minimum atomic E-state index is -2.10. The Labute approximate surface area is 181 Å². The van der Waals surface area contributed by atoms with Crippen molar-refractivity contribution in [3.63, 3.8) is 0 Å².